The lowest BCUT2D eigenvalue weighted by atomic mass is 10.0. The van der Waals surface area contributed by atoms with Crippen molar-refractivity contribution in [2.75, 3.05) is 0 Å². The highest BCUT2D eigenvalue weighted by molar-refractivity contribution is 6.01. The highest BCUT2D eigenvalue weighted by Crippen LogP contribution is 2.18. The molecule has 2 aliphatic rings. The van der Waals surface area contributed by atoms with Crippen LogP contribution in [0.25, 0.3) is 0 Å². The molecule has 0 radical (unpaired) electrons. The van der Waals surface area contributed by atoms with Crippen LogP contribution in [0.1, 0.15) is 25.7 Å². The van der Waals surface area contributed by atoms with E-state index in [1.165, 1.54) is 0 Å². The minimum Gasteiger partial charge on any atom is -0.344 e. The molecule has 0 aromatic rings. The Kier molecular flexibility index (Phi) is 3.03. The van der Waals surface area contributed by atoms with Crippen molar-refractivity contribution < 1.29 is 14.4 Å². The number of rotatable bonds is 2. The Labute approximate surface area is 93.3 Å². The van der Waals surface area contributed by atoms with Crippen LogP contribution in [0.4, 0.5) is 0 Å². The Morgan fingerprint density at radius 3 is 2.62 bits per heavy atom. The Hall–Kier alpha value is -1.65. The van der Waals surface area contributed by atoms with E-state index in [0.29, 0.717) is 12.8 Å². The second-order valence-corrected chi connectivity index (χ2v) is 4.15. The molecule has 1 saturated heterocycles. The molecule has 0 aromatic heterocycles. The zero-order valence-electron chi connectivity index (χ0n) is 8.86. The lowest BCUT2D eigenvalue weighted by Gasteiger charge is -2.23. The van der Waals surface area contributed by atoms with Crippen LogP contribution >= 0.6 is 0 Å². The Morgan fingerprint density at radius 1 is 1.31 bits per heavy atom. The van der Waals surface area contributed by atoms with Crippen LogP contribution in [0, 0.1) is 5.92 Å². The molecule has 0 bridgehead atoms. The van der Waals surface area contributed by atoms with Crippen LogP contribution in [-0.4, -0.2) is 23.8 Å². The van der Waals surface area contributed by atoms with Crippen molar-refractivity contribution in [1.82, 2.24) is 10.6 Å². The summed E-state index contributed by atoms with van der Waals surface area (Å²) in [5.74, 6) is -0.807. The summed E-state index contributed by atoms with van der Waals surface area (Å²) >= 11 is 0. The van der Waals surface area contributed by atoms with Gasteiger partial charge in [0.2, 0.25) is 17.7 Å². The van der Waals surface area contributed by atoms with E-state index in [2.05, 4.69) is 10.6 Å². The molecule has 2 N–H and O–H groups in total. The quantitative estimate of drug-likeness (QED) is 0.505. The largest absolute Gasteiger partial charge is 0.344 e. The van der Waals surface area contributed by atoms with Crippen molar-refractivity contribution in [3.05, 3.63) is 12.2 Å². The Balaban J connectivity index is 1.87. The van der Waals surface area contributed by atoms with E-state index in [1.807, 2.05) is 12.2 Å². The van der Waals surface area contributed by atoms with Crippen molar-refractivity contribution in [3.8, 4) is 0 Å². The molecule has 1 atom stereocenters. The van der Waals surface area contributed by atoms with Crippen LogP contribution in [0.3, 0.4) is 0 Å². The molecule has 1 heterocycles. The molecule has 1 fully saturated rings. The number of imide groups is 1. The molecular weight excluding hydrogens is 208 g/mol. The summed E-state index contributed by atoms with van der Waals surface area (Å²) in [6.07, 6.45) is 6.10. The average Bonchev–Trinajstić information content (AvgIpc) is 2.75. The van der Waals surface area contributed by atoms with Crippen LogP contribution in [0.5, 0.6) is 0 Å². The van der Waals surface area contributed by atoms with Gasteiger partial charge in [-0.1, -0.05) is 12.2 Å². The fourth-order valence-electron chi connectivity index (χ4n) is 1.95. The molecule has 0 spiro atoms. The molecule has 2 rings (SSSR count). The summed E-state index contributed by atoms with van der Waals surface area (Å²) in [6.45, 7) is 0. The van der Waals surface area contributed by atoms with Crippen molar-refractivity contribution >= 4 is 17.7 Å². The van der Waals surface area contributed by atoms with Gasteiger partial charge >= 0.3 is 0 Å². The molecule has 5 heteroatoms. The molecule has 5 nitrogen and oxygen atoms in total. The van der Waals surface area contributed by atoms with E-state index >= 15 is 0 Å². The van der Waals surface area contributed by atoms with Gasteiger partial charge in [-0.15, -0.1) is 0 Å². The normalized spacial score (nSPS) is 25.6. The molecule has 1 aliphatic carbocycles. The minimum absolute atomic E-state index is 0.0505. The van der Waals surface area contributed by atoms with E-state index in [-0.39, 0.29) is 17.7 Å². The maximum absolute atomic E-state index is 11.7. The Bertz CT molecular complexity index is 354. The van der Waals surface area contributed by atoms with Gasteiger partial charge in [0.1, 0.15) is 6.04 Å². The number of piperidine rings is 1. The SMILES string of the molecule is O=C1CCC(NC(=O)C2CC=CC2)C(=O)N1. The van der Waals surface area contributed by atoms with Crippen LogP contribution < -0.4 is 10.6 Å². The van der Waals surface area contributed by atoms with Crippen molar-refractivity contribution in [2.45, 2.75) is 31.7 Å². The van der Waals surface area contributed by atoms with Crippen molar-refractivity contribution in [2.24, 2.45) is 5.92 Å². The third-order valence-corrected chi connectivity index (χ3v) is 2.93. The topological polar surface area (TPSA) is 75.3 Å². The summed E-state index contributed by atoms with van der Waals surface area (Å²) < 4.78 is 0. The lowest BCUT2D eigenvalue weighted by Crippen LogP contribution is -2.53. The molecule has 0 saturated carbocycles. The summed E-state index contributed by atoms with van der Waals surface area (Å²) in [7, 11) is 0. The third kappa shape index (κ3) is 2.29. The maximum atomic E-state index is 11.7. The van der Waals surface area contributed by atoms with E-state index in [4.69, 9.17) is 0 Å². The number of amides is 3. The number of hydrogen-bond donors (Lipinski definition) is 2. The summed E-state index contributed by atoms with van der Waals surface area (Å²) in [6, 6.07) is -0.550. The zero-order chi connectivity index (χ0) is 11.5. The number of carbonyl (C=O) groups excluding carboxylic acids is 3. The van der Waals surface area contributed by atoms with Gasteiger partial charge in [-0.3, -0.25) is 19.7 Å². The highest BCUT2D eigenvalue weighted by Gasteiger charge is 2.30. The number of nitrogens with one attached hydrogen (secondary N) is 2. The van der Waals surface area contributed by atoms with Gasteiger partial charge in [0, 0.05) is 12.3 Å². The molecule has 1 unspecified atom stereocenters. The number of allylic oxidation sites excluding steroid dienone is 2. The van der Waals surface area contributed by atoms with E-state index < -0.39 is 11.9 Å². The van der Waals surface area contributed by atoms with Gasteiger partial charge in [0.05, 0.1) is 0 Å². The third-order valence-electron chi connectivity index (χ3n) is 2.93. The van der Waals surface area contributed by atoms with Gasteiger partial charge in [-0.25, -0.2) is 0 Å². The molecule has 16 heavy (non-hydrogen) atoms. The first-order chi connectivity index (χ1) is 7.66. The second kappa shape index (κ2) is 4.47. The second-order valence-electron chi connectivity index (χ2n) is 4.15. The Morgan fingerprint density at radius 2 is 2.00 bits per heavy atom. The first-order valence-electron chi connectivity index (χ1n) is 5.46. The highest BCUT2D eigenvalue weighted by atomic mass is 16.2. The van der Waals surface area contributed by atoms with Gasteiger partial charge < -0.3 is 5.32 Å². The maximum Gasteiger partial charge on any atom is 0.249 e. The standard InChI is InChI=1S/C11H14N2O3/c14-9-6-5-8(11(16)13-9)12-10(15)7-3-1-2-4-7/h1-2,7-8H,3-6H2,(H,12,15)(H,13,14,16). The monoisotopic (exact) mass is 222 g/mol. The average molecular weight is 222 g/mol. The molecule has 86 valence electrons. The van der Waals surface area contributed by atoms with Gasteiger partial charge in [-0.05, 0) is 19.3 Å². The van der Waals surface area contributed by atoms with Crippen LogP contribution in [0.15, 0.2) is 12.2 Å². The van der Waals surface area contributed by atoms with Crippen molar-refractivity contribution in [1.29, 1.82) is 0 Å². The molecule has 3 amide bonds. The van der Waals surface area contributed by atoms with E-state index in [9.17, 15) is 14.4 Å². The smallest absolute Gasteiger partial charge is 0.249 e. The van der Waals surface area contributed by atoms with Crippen molar-refractivity contribution in [3.63, 3.8) is 0 Å². The zero-order valence-corrected chi connectivity index (χ0v) is 8.86. The van der Waals surface area contributed by atoms with Gasteiger partial charge in [-0.2, -0.15) is 0 Å². The first kappa shape index (κ1) is 10.9. The van der Waals surface area contributed by atoms with Crippen LogP contribution in [0.2, 0.25) is 0 Å². The van der Waals surface area contributed by atoms with E-state index in [1.54, 1.807) is 0 Å². The molecule has 0 aromatic carbocycles. The van der Waals surface area contributed by atoms with E-state index in [0.717, 1.165) is 12.8 Å². The number of carbonyl (C=O) groups is 3. The van der Waals surface area contributed by atoms with Crippen LogP contribution in [-0.2, 0) is 14.4 Å². The molecule has 1 aliphatic heterocycles. The lowest BCUT2D eigenvalue weighted by molar-refractivity contribution is -0.138. The summed E-state index contributed by atoms with van der Waals surface area (Å²) in [5, 5.41) is 4.91. The molecular formula is C11H14N2O3. The first-order valence-corrected chi connectivity index (χ1v) is 5.46. The van der Waals surface area contributed by atoms with Gasteiger partial charge in [0.25, 0.3) is 0 Å². The number of hydrogen-bond acceptors (Lipinski definition) is 3. The predicted molar refractivity (Wildman–Crippen MR) is 56.2 cm³/mol. The summed E-state index contributed by atoms with van der Waals surface area (Å²) in [5.41, 5.74) is 0. The minimum atomic E-state index is -0.550. The van der Waals surface area contributed by atoms with Gasteiger partial charge in [0.15, 0.2) is 0 Å². The predicted octanol–water partition coefficient (Wildman–Crippen LogP) is -0.126. The fraction of sp³-hybridized carbons (Fsp3) is 0.545. The summed E-state index contributed by atoms with van der Waals surface area (Å²) in [4.78, 5) is 34.0. The fourth-order valence-corrected chi connectivity index (χ4v) is 1.95.